The Morgan fingerprint density at radius 2 is 1.55 bits per heavy atom. The van der Waals surface area contributed by atoms with E-state index in [-0.39, 0.29) is 18.2 Å². The first-order chi connectivity index (χ1) is 14.0. The van der Waals surface area contributed by atoms with Crippen LogP contribution >= 0.6 is 0 Å². The Balaban J connectivity index is 1.43. The highest BCUT2D eigenvalue weighted by Crippen LogP contribution is 2.23. The smallest absolute Gasteiger partial charge is 0.241 e. The average Bonchev–Trinajstić information content (AvgIpc) is 3.09. The van der Waals surface area contributed by atoms with Crippen LogP contribution in [0.25, 0.3) is 0 Å². The molecule has 0 aliphatic carbocycles. The number of piperazine rings is 1. The molecule has 0 aromatic heterocycles. The number of para-hydroxylation sites is 2. The van der Waals surface area contributed by atoms with E-state index in [0.29, 0.717) is 0 Å². The highest BCUT2D eigenvalue weighted by molar-refractivity contribution is 7.94. The summed E-state index contributed by atoms with van der Waals surface area (Å²) in [6.07, 6.45) is 1.62. The molecule has 2 aliphatic heterocycles. The van der Waals surface area contributed by atoms with Crippen molar-refractivity contribution >= 4 is 27.1 Å². The van der Waals surface area contributed by atoms with Gasteiger partial charge in [0.05, 0.1) is 18.3 Å². The molecule has 0 N–H and O–H groups in total. The lowest BCUT2D eigenvalue weighted by Gasteiger charge is -2.37. The van der Waals surface area contributed by atoms with Gasteiger partial charge in [0, 0.05) is 43.0 Å². The van der Waals surface area contributed by atoms with E-state index in [0.717, 1.165) is 31.9 Å². The molecule has 2 aromatic rings. The van der Waals surface area contributed by atoms with Crippen molar-refractivity contribution in [2.75, 3.05) is 48.3 Å². The van der Waals surface area contributed by atoms with Crippen molar-refractivity contribution in [3.8, 4) is 0 Å². The predicted molar refractivity (Wildman–Crippen MR) is 116 cm³/mol. The Bertz CT molecular complexity index is 969. The van der Waals surface area contributed by atoms with Gasteiger partial charge < -0.3 is 9.80 Å². The molecule has 1 saturated heterocycles. The number of sulfone groups is 1. The minimum absolute atomic E-state index is 0.0601. The molecule has 2 aliphatic rings. The van der Waals surface area contributed by atoms with Crippen LogP contribution in [0.3, 0.4) is 0 Å². The third-order valence-corrected chi connectivity index (χ3v) is 6.78. The third-order valence-electron chi connectivity index (χ3n) is 5.40. The largest absolute Gasteiger partial charge is 0.369 e. The van der Waals surface area contributed by atoms with Crippen molar-refractivity contribution in [2.45, 2.75) is 6.04 Å². The van der Waals surface area contributed by atoms with E-state index in [1.165, 1.54) is 11.1 Å². The van der Waals surface area contributed by atoms with E-state index in [4.69, 9.17) is 0 Å². The van der Waals surface area contributed by atoms with Crippen LogP contribution in [0.1, 0.15) is 0 Å². The van der Waals surface area contributed by atoms with E-state index in [1.807, 2.05) is 48.5 Å². The van der Waals surface area contributed by atoms with Gasteiger partial charge in [-0.05, 0) is 30.3 Å². The van der Waals surface area contributed by atoms with Crippen LogP contribution in [0.2, 0.25) is 0 Å². The Morgan fingerprint density at radius 1 is 0.931 bits per heavy atom. The minimum atomic E-state index is -3.25. The van der Waals surface area contributed by atoms with Gasteiger partial charge in [-0.15, -0.1) is 0 Å². The molecule has 0 saturated carbocycles. The van der Waals surface area contributed by atoms with Crippen molar-refractivity contribution in [3.05, 3.63) is 72.1 Å². The number of hydrogen-bond acceptors (Lipinski definition) is 5. The molecule has 0 spiro atoms. The van der Waals surface area contributed by atoms with Gasteiger partial charge >= 0.3 is 0 Å². The van der Waals surface area contributed by atoms with Crippen LogP contribution in [0.15, 0.2) is 72.1 Å². The summed E-state index contributed by atoms with van der Waals surface area (Å²) < 4.78 is 23.8. The van der Waals surface area contributed by atoms with Crippen LogP contribution in [-0.4, -0.2) is 63.7 Å². The van der Waals surface area contributed by atoms with Crippen molar-refractivity contribution in [2.24, 2.45) is 0 Å². The number of benzene rings is 2. The molecule has 1 fully saturated rings. The van der Waals surface area contributed by atoms with E-state index in [2.05, 4.69) is 21.9 Å². The molecule has 0 radical (unpaired) electrons. The quantitative estimate of drug-likeness (QED) is 0.755. The molecular formula is C22H25N3O3S. The summed E-state index contributed by atoms with van der Waals surface area (Å²) in [4.78, 5) is 19.3. The van der Waals surface area contributed by atoms with Crippen molar-refractivity contribution < 1.29 is 13.2 Å². The van der Waals surface area contributed by atoms with Gasteiger partial charge in [0.1, 0.15) is 0 Å². The Kier molecular flexibility index (Phi) is 5.69. The summed E-state index contributed by atoms with van der Waals surface area (Å²) in [6, 6.07) is 19.1. The summed E-state index contributed by atoms with van der Waals surface area (Å²) in [7, 11) is -3.25. The van der Waals surface area contributed by atoms with Gasteiger partial charge in [-0.2, -0.15) is 0 Å². The maximum absolute atomic E-state index is 13.2. The van der Waals surface area contributed by atoms with Gasteiger partial charge in [-0.1, -0.05) is 36.4 Å². The molecule has 29 heavy (non-hydrogen) atoms. The summed E-state index contributed by atoms with van der Waals surface area (Å²) in [5, 5.41) is 1.22. The first kappa shape index (κ1) is 19.7. The van der Waals surface area contributed by atoms with E-state index in [9.17, 15) is 13.2 Å². The SMILES string of the molecule is O=C(CN1CCN(c2ccccc2)CC1)N(c1ccccc1)[C@@H]1C=CS(=O)(=O)C1. The fourth-order valence-electron chi connectivity index (χ4n) is 3.90. The second-order valence-electron chi connectivity index (χ2n) is 7.42. The van der Waals surface area contributed by atoms with Crippen LogP contribution < -0.4 is 9.80 Å². The zero-order chi connectivity index (χ0) is 20.3. The van der Waals surface area contributed by atoms with Gasteiger partial charge in [0.2, 0.25) is 5.91 Å². The highest BCUT2D eigenvalue weighted by Gasteiger charge is 2.32. The molecule has 1 atom stereocenters. The predicted octanol–water partition coefficient (Wildman–Crippen LogP) is 2.15. The molecule has 152 valence electrons. The molecule has 6 nitrogen and oxygen atoms in total. The fourth-order valence-corrected chi connectivity index (χ4v) is 5.17. The van der Waals surface area contributed by atoms with Crippen molar-refractivity contribution in [1.82, 2.24) is 4.90 Å². The normalized spacial score (nSPS) is 21.2. The van der Waals surface area contributed by atoms with Crippen molar-refractivity contribution in [3.63, 3.8) is 0 Å². The number of nitrogens with zero attached hydrogens (tertiary/aromatic N) is 3. The lowest BCUT2D eigenvalue weighted by atomic mass is 10.2. The number of hydrogen-bond donors (Lipinski definition) is 0. The minimum Gasteiger partial charge on any atom is -0.369 e. The second-order valence-corrected chi connectivity index (χ2v) is 9.35. The van der Waals surface area contributed by atoms with Gasteiger partial charge in [-0.25, -0.2) is 8.42 Å². The number of carbonyl (C=O) groups is 1. The lowest BCUT2D eigenvalue weighted by molar-refractivity contribution is -0.120. The average molecular weight is 412 g/mol. The molecule has 1 amide bonds. The van der Waals surface area contributed by atoms with E-state index in [1.54, 1.807) is 11.0 Å². The molecular weight excluding hydrogens is 386 g/mol. The highest BCUT2D eigenvalue weighted by atomic mass is 32.2. The second kappa shape index (κ2) is 8.39. The summed E-state index contributed by atoms with van der Waals surface area (Å²) in [5.74, 6) is -0.133. The number of rotatable bonds is 5. The van der Waals surface area contributed by atoms with E-state index >= 15 is 0 Å². The summed E-state index contributed by atoms with van der Waals surface area (Å²) in [6.45, 7) is 3.59. The number of anilines is 2. The first-order valence-corrected chi connectivity index (χ1v) is 11.5. The van der Waals surface area contributed by atoms with Crippen LogP contribution in [-0.2, 0) is 14.6 Å². The van der Waals surface area contributed by atoms with Crippen LogP contribution in [0, 0.1) is 0 Å². The van der Waals surface area contributed by atoms with Gasteiger partial charge in [-0.3, -0.25) is 9.69 Å². The molecule has 0 bridgehead atoms. The monoisotopic (exact) mass is 411 g/mol. The Hall–Kier alpha value is -2.64. The summed E-state index contributed by atoms with van der Waals surface area (Å²) in [5.41, 5.74) is 1.93. The summed E-state index contributed by atoms with van der Waals surface area (Å²) >= 11 is 0. The fraction of sp³-hybridized carbons (Fsp3) is 0.318. The molecule has 2 aromatic carbocycles. The third kappa shape index (κ3) is 4.68. The topological polar surface area (TPSA) is 60.9 Å². The van der Waals surface area contributed by atoms with Crippen LogP contribution in [0.5, 0.6) is 0 Å². The van der Waals surface area contributed by atoms with Crippen molar-refractivity contribution in [1.29, 1.82) is 0 Å². The standard InChI is InChI=1S/C22H25N3O3S/c26-22(17-23-12-14-24(15-13-23)19-7-3-1-4-8-19)25(20-9-5-2-6-10-20)21-11-16-29(27,28)18-21/h1-11,16,21H,12-15,17-18H2/t21-/m1/s1. The molecule has 7 heteroatoms. The lowest BCUT2D eigenvalue weighted by Crippen LogP contribution is -2.52. The Morgan fingerprint density at radius 3 is 2.14 bits per heavy atom. The van der Waals surface area contributed by atoms with Gasteiger partial charge in [0.25, 0.3) is 0 Å². The first-order valence-electron chi connectivity index (χ1n) is 9.82. The van der Waals surface area contributed by atoms with E-state index < -0.39 is 15.9 Å². The zero-order valence-electron chi connectivity index (χ0n) is 16.2. The number of amides is 1. The van der Waals surface area contributed by atoms with Crippen LogP contribution in [0.4, 0.5) is 11.4 Å². The molecule has 4 rings (SSSR count). The number of carbonyl (C=O) groups excluding carboxylic acids is 1. The maximum atomic E-state index is 13.2. The molecule has 2 heterocycles. The zero-order valence-corrected chi connectivity index (χ0v) is 17.0. The molecule has 0 unspecified atom stereocenters. The maximum Gasteiger partial charge on any atom is 0.241 e. The Labute approximate surface area is 172 Å². The van der Waals surface area contributed by atoms with Gasteiger partial charge in [0.15, 0.2) is 9.84 Å².